The predicted octanol–water partition coefficient (Wildman–Crippen LogP) is 1.89. The topological polar surface area (TPSA) is 62.2 Å². The fourth-order valence-electron chi connectivity index (χ4n) is 2.81. The summed E-state index contributed by atoms with van der Waals surface area (Å²) in [4.78, 5) is 15.5. The van der Waals surface area contributed by atoms with Crippen molar-refractivity contribution < 1.29 is 14.3 Å². The van der Waals surface area contributed by atoms with Crippen molar-refractivity contribution >= 4 is 5.91 Å². The highest BCUT2D eigenvalue weighted by atomic mass is 19.1. The van der Waals surface area contributed by atoms with Crippen LogP contribution in [0.25, 0.3) is 0 Å². The maximum atomic E-state index is 13.0. The Bertz CT molecular complexity index is 467. The van der Waals surface area contributed by atoms with Crippen molar-refractivity contribution in [1.29, 1.82) is 0 Å². The maximum absolute atomic E-state index is 13.0. The monoisotopic (exact) mass is 266 g/mol. The molecule has 4 nitrogen and oxygen atoms in total. The van der Waals surface area contributed by atoms with Crippen LogP contribution in [0.1, 0.15) is 43.0 Å². The molecule has 104 valence electrons. The van der Waals surface area contributed by atoms with E-state index >= 15 is 0 Å². The van der Waals surface area contributed by atoms with E-state index in [4.69, 9.17) is 0 Å². The summed E-state index contributed by atoms with van der Waals surface area (Å²) in [6, 6.07) is 2.57. The van der Waals surface area contributed by atoms with Crippen molar-refractivity contribution in [3.63, 3.8) is 0 Å². The lowest BCUT2D eigenvalue weighted by atomic mass is 9.76. The van der Waals surface area contributed by atoms with Crippen LogP contribution >= 0.6 is 0 Å². The van der Waals surface area contributed by atoms with Crippen molar-refractivity contribution in [3.05, 3.63) is 29.8 Å². The second kappa shape index (κ2) is 5.65. The summed E-state index contributed by atoms with van der Waals surface area (Å²) < 4.78 is 13.0. The van der Waals surface area contributed by atoms with Gasteiger partial charge in [0.05, 0.1) is 12.1 Å². The van der Waals surface area contributed by atoms with Crippen LogP contribution < -0.4 is 5.32 Å². The van der Waals surface area contributed by atoms with Crippen molar-refractivity contribution in [2.75, 3.05) is 6.61 Å². The van der Waals surface area contributed by atoms with Crippen LogP contribution in [0.4, 0.5) is 4.39 Å². The van der Waals surface area contributed by atoms with Gasteiger partial charge in [-0.15, -0.1) is 0 Å². The molecule has 2 atom stereocenters. The summed E-state index contributed by atoms with van der Waals surface area (Å²) >= 11 is 0. The molecule has 2 N–H and O–H groups in total. The minimum absolute atomic E-state index is 0.0867. The van der Waals surface area contributed by atoms with E-state index < -0.39 is 11.5 Å². The van der Waals surface area contributed by atoms with Gasteiger partial charge in [0.25, 0.3) is 5.91 Å². The molecule has 1 amide bonds. The van der Waals surface area contributed by atoms with E-state index in [-0.39, 0.29) is 18.1 Å². The summed E-state index contributed by atoms with van der Waals surface area (Å²) in [5.74, 6) is -0.567. The Labute approximate surface area is 112 Å². The number of carbonyl (C=O) groups is 1. The number of rotatable bonds is 3. The lowest BCUT2D eigenvalue weighted by molar-refractivity contribution is 0.0696. The number of hydrogen-bond donors (Lipinski definition) is 2. The zero-order valence-electron chi connectivity index (χ0n) is 11.0. The van der Waals surface area contributed by atoms with Crippen LogP contribution in [0.2, 0.25) is 0 Å². The first-order valence-corrected chi connectivity index (χ1v) is 6.60. The first-order chi connectivity index (χ1) is 9.04. The molecule has 1 aliphatic carbocycles. The van der Waals surface area contributed by atoms with E-state index in [0.29, 0.717) is 5.92 Å². The smallest absolute Gasteiger partial charge is 0.252 e. The standard InChI is InChI=1S/C14H19FN2O2/c1-10-3-2-5-14(8-10,9-18)17-13(19)11-4-6-16-12(15)7-11/h4,6-7,10,18H,2-3,5,8-9H2,1H3,(H,17,19). The summed E-state index contributed by atoms with van der Waals surface area (Å²) in [6.45, 7) is 2.03. The van der Waals surface area contributed by atoms with Gasteiger partial charge < -0.3 is 10.4 Å². The van der Waals surface area contributed by atoms with Crippen LogP contribution in [0.5, 0.6) is 0 Å². The fourth-order valence-corrected chi connectivity index (χ4v) is 2.81. The highest BCUT2D eigenvalue weighted by Crippen LogP contribution is 2.32. The Hall–Kier alpha value is -1.49. The van der Waals surface area contributed by atoms with Crippen LogP contribution in [0.15, 0.2) is 18.3 Å². The maximum Gasteiger partial charge on any atom is 0.252 e. The molecule has 0 saturated heterocycles. The Kier molecular flexibility index (Phi) is 4.14. The number of hydrogen-bond acceptors (Lipinski definition) is 3. The van der Waals surface area contributed by atoms with Gasteiger partial charge >= 0.3 is 0 Å². The Morgan fingerprint density at radius 1 is 1.68 bits per heavy atom. The molecule has 0 bridgehead atoms. The zero-order valence-corrected chi connectivity index (χ0v) is 11.0. The van der Waals surface area contributed by atoms with Crippen molar-refractivity contribution in [3.8, 4) is 0 Å². The van der Waals surface area contributed by atoms with E-state index in [1.807, 2.05) is 0 Å². The van der Waals surface area contributed by atoms with E-state index in [2.05, 4.69) is 17.2 Å². The number of nitrogens with one attached hydrogen (secondary N) is 1. The molecule has 0 spiro atoms. The number of aliphatic hydroxyl groups is 1. The summed E-state index contributed by atoms with van der Waals surface area (Å²) in [7, 11) is 0. The number of aromatic nitrogens is 1. The van der Waals surface area contributed by atoms with Gasteiger partial charge in [-0.25, -0.2) is 4.98 Å². The number of nitrogens with zero attached hydrogens (tertiary/aromatic N) is 1. The first-order valence-electron chi connectivity index (χ1n) is 6.60. The second-order valence-electron chi connectivity index (χ2n) is 5.46. The fraction of sp³-hybridized carbons (Fsp3) is 0.571. The van der Waals surface area contributed by atoms with Crippen LogP contribution in [0.3, 0.4) is 0 Å². The van der Waals surface area contributed by atoms with Gasteiger partial charge in [-0.05, 0) is 24.8 Å². The summed E-state index contributed by atoms with van der Waals surface area (Å²) in [5, 5.41) is 12.5. The molecule has 0 aromatic carbocycles. The average Bonchev–Trinajstić information content (AvgIpc) is 2.38. The Morgan fingerprint density at radius 3 is 3.11 bits per heavy atom. The van der Waals surface area contributed by atoms with Crippen molar-refractivity contribution in [2.45, 2.75) is 38.1 Å². The molecule has 19 heavy (non-hydrogen) atoms. The Balaban J connectivity index is 2.12. The van der Waals surface area contributed by atoms with Crippen molar-refractivity contribution in [2.24, 2.45) is 5.92 Å². The normalized spacial score (nSPS) is 27.0. The molecule has 0 aliphatic heterocycles. The minimum atomic E-state index is -0.678. The molecule has 5 heteroatoms. The molecular weight excluding hydrogens is 247 g/mol. The van der Waals surface area contributed by atoms with Gasteiger partial charge in [-0.2, -0.15) is 4.39 Å². The second-order valence-corrected chi connectivity index (χ2v) is 5.46. The van der Waals surface area contributed by atoms with Gasteiger partial charge in [-0.3, -0.25) is 4.79 Å². The third kappa shape index (κ3) is 3.29. The third-order valence-electron chi connectivity index (χ3n) is 3.76. The molecular formula is C14H19FN2O2. The quantitative estimate of drug-likeness (QED) is 0.821. The highest BCUT2D eigenvalue weighted by molar-refractivity contribution is 5.94. The highest BCUT2D eigenvalue weighted by Gasteiger charge is 2.35. The number of aliphatic hydroxyl groups excluding tert-OH is 1. The predicted molar refractivity (Wildman–Crippen MR) is 69.1 cm³/mol. The lowest BCUT2D eigenvalue weighted by Gasteiger charge is -2.39. The molecule has 1 aromatic heterocycles. The van der Waals surface area contributed by atoms with E-state index in [0.717, 1.165) is 31.7 Å². The average molecular weight is 266 g/mol. The molecule has 0 radical (unpaired) electrons. The molecule has 2 rings (SSSR count). The Morgan fingerprint density at radius 2 is 2.47 bits per heavy atom. The molecule has 1 saturated carbocycles. The molecule has 1 aliphatic rings. The first kappa shape index (κ1) is 13.9. The minimum Gasteiger partial charge on any atom is -0.394 e. The SMILES string of the molecule is CC1CCCC(CO)(NC(=O)c2ccnc(F)c2)C1. The number of halogens is 1. The molecule has 2 unspecified atom stereocenters. The summed E-state index contributed by atoms with van der Waals surface area (Å²) in [6.07, 6.45) is 4.86. The molecule has 1 aromatic rings. The van der Waals surface area contributed by atoms with E-state index in [9.17, 15) is 14.3 Å². The van der Waals surface area contributed by atoms with Gasteiger partial charge in [0.1, 0.15) is 0 Å². The largest absolute Gasteiger partial charge is 0.394 e. The van der Waals surface area contributed by atoms with E-state index in [1.165, 1.54) is 12.3 Å². The lowest BCUT2D eigenvalue weighted by Crippen LogP contribution is -2.53. The van der Waals surface area contributed by atoms with Crippen molar-refractivity contribution in [1.82, 2.24) is 10.3 Å². The van der Waals surface area contributed by atoms with Crippen LogP contribution in [-0.4, -0.2) is 28.1 Å². The molecule has 1 fully saturated rings. The zero-order chi connectivity index (χ0) is 13.9. The van der Waals surface area contributed by atoms with Gasteiger partial charge in [0, 0.05) is 17.8 Å². The van der Waals surface area contributed by atoms with Crippen LogP contribution in [-0.2, 0) is 0 Å². The number of amides is 1. The van der Waals surface area contributed by atoms with Crippen LogP contribution in [0, 0.1) is 11.9 Å². The van der Waals surface area contributed by atoms with Gasteiger partial charge in [-0.1, -0.05) is 19.8 Å². The third-order valence-corrected chi connectivity index (χ3v) is 3.76. The van der Waals surface area contributed by atoms with Gasteiger partial charge in [0.15, 0.2) is 0 Å². The molecule has 1 heterocycles. The van der Waals surface area contributed by atoms with Gasteiger partial charge in [0.2, 0.25) is 5.95 Å². The summed E-state index contributed by atoms with van der Waals surface area (Å²) in [5.41, 5.74) is -0.340. The number of pyridine rings is 1. The van der Waals surface area contributed by atoms with E-state index in [1.54, 1.807) is 0 Å². The number of carbonyl (C=O) groups excluding carboxylic acids is 1.